The maximum atomic E-state index is 11.1. The van der Waals surface area contributed by atoms with Crippen LogP contribution in [0.5, 0.6) is 0 Å². The van der Waals surface area contributed by atoms with E-state index in [1.165, 1.54) is 10.9 Å². The van der Waals surface area contributed by atoms with Crippen molar-refractivity contribution in [2.75, 3.05) is 7.05 Å². The van der Waals surface area contributed by atoms with Gasteiger partial charge in [0.15, 0.2) is 6.20 Å². The number of fused-ring (bicyclic) bond motifs is 1. The number of carbonyl (C=O) groups is 1. The van der Waals surface area contributed by atoms with Gasteiger partial charge in [-0.25, -0.2) is 0 Å². The zero-order chi connectivity index (χ0) is 18.9. The summed E-state index contributed by atoms with van der Waals surface area (Å²) < 4.78 is 2.26. The van der Waals surface area contributed by atoms with E-state index in [0.717, 1.165) is 19.4 Å². The van der Waals surface area contributed by atoms with E-state index >= 15 is 0 Å². The number of aryl methyl sites for hydroxylation is 1. The third-order valence-corrected chi connectivity index (χ3v) is 4.73. The van der Waals surface area contributed by atoms with E-state index in [0.29, 0.717) is 6.42 Å². The molecule has 0 saturated carbocycles. The first-order valence-electron chi connectivity index (χ1n) is 9.15. The van der Waals surface area contributed by atoms with Crippen LogP contribution in [0, 0.1) is 5.92 Å². The molecule has 5 nitrogen and oxygen atoms in total. The maximum Gasteiger partial charge on any atom is 0.323 e. The van der Waals surface area contributed by atoms with Crippen LogP contribution in [0.25, 0.3) is 10.9 Å². The Morgan fingerprint density at radius 2 is 1.96 bits per heavy atom. The number of hydrogen-bond acceptors (Lipinski definition) is 3. The molecule has 0 unspecified atom stereocenters. The summed E-state index contributed by atoms with van der Waals surface area (Å²) in [5.41, 5.74) is 1.24. The maximum absolute atomic E-state index is 11.1. The van der Waals surface area contributed by atoms with Crippen LogP contribution in [-0.4, -0.2) is 35.4 Å². The Morgan fingerprint density at radius 1 is 1.23 bits per heavy atom. The molecule has 0 amide bonds. The molecule has 26 heavy (non-hydrogen) atoms. The monoisotopic (exact) mass is 357 g/mol. The quantitative estimate of drug-likeness (QED) is 0.347. The standard InChI is InChI=1S/C21H28N2O3/c1-16(20(24)19(22-2)21(25)26)10-5-3-4-8-14-23-15-9-12-17-11-6-7-13-18(17)23/h3,5-7,9,11-13,15-16,19-20,22,24H,4,8,10,14H2,1-2H3/p+1/b5-3+/t16-,19+,20-/m1/s1. The van der Waals surface area contributed by atoms with Crippen molar-refractivity contribution in [3.05, 3.63) is 54.7 Å². The summed E-state index contributed by atoms with van der Waals surface area (Å²) in [6.45, 7) is 2.82. The second-order valence-corrected chi connectivity index (χ2v) is 6.68. The number of carboxylic acids is 1. The normalized spacial score (nSPS) is 15.2. The Balaban J connectivity index is 1.78. The number of nitrogens with zero attached hydrogens (tertiary/aromatic N) is 1. The summed E-state index contributed by atoms with van der Waals surface area (Å²) in [6, 6.07) is 11.6. The van der Waals surface area contributed by atoms with Crippen molar-refractivity contribution in [1.82, 2.24) is 5.32 Å². The highest BCUT2D eigenvalue weighted by molar-refractivity contribution is 5.75. The zero-order valence-corrected chi connectivity index (χ0v) is 15.5. The molecule has 2 aromatic rings. The molecule has 0 saturated heterocycles. The van der Waals surface area contributed by atoms with Gasteiger partial charge in [-0.3, -0.25) is 4.79 Å². The summed E-state index contributed by atoms with van der Waals surface area (Å²) in [5, 5.41) is 23.1. The lowest BCUT2D eigenvalue weighted by Crippen LogP contribution is -2.47. The lowest BCUT2D eigenvalue weighted by atomic mass is 9.94. The van der Waals surface area contributed by atoms with Crippen molar-refractivity contribution in [3.63, 3.8) is 0 Å². The Labute approximate surface area is 155 Å². The van der Waals surface area contributed by atoms with E-state index in [2.05, 4.69) is 52.5 Å². The Kier molecular flexibility index (Phi) is 7.75. The largest absolute Gasteiger partial charge is 0.480 e. The number of aliphatic hydroxyl groups is 1. The second-order valence-electron chi connectivity index (χ2n) is 6.68. The summed E-state index contributed by atoms with van der Waals surface area (Å²) in [5.74, 6) is -1.14. The molecule has 5 heteroatoms. The minimum absolute atomic E-state index is 0.118. The van der Waals surface area contributed by atoms with E-state index in [1.807, 2.05) is 19.1 Å². The molecule has 3 atom stereocenters. The average Bonchev–Trinajstić information content (AvgIpc) is 2.64. The van der Waals surface area contributed by atoms with Gasteiger partial charge in [0.05, 0.1) is 6.10 Å². The van der Waals surface area contributed by atoms with Crippen LogP contribution in [0.4, 0.5) is 0 Å². The van der Waals surface area contributed by atoms with Gasteiger partial charge in [-0.05, 0) is 37.9 Å². The lowest BCUT2D eigenvalue weighted by Gasteiger charge is -2.23. The first-order valence-corrected chi connectivity index (χ1v) is 9.15. The van der Waals surface area contributed by atoms with E-state index in [1.54, 1.807) is 7.05 Å². The third-order valence-electron chi connectivity index (χ3n) is 4.73. The molecule has 3 N–H and O–H groups in total. The van der Waals surface area contributed by atoms with E-state index in [-0.39, 0.29) is 5.92 Å². The van der Waals surface area contributed by atoms with E-state index in [4.69, 9.17) is 5.11 Å². The van der Waals surface area contributed by atoms with Gasteiger partial charge in [-0.1, -0.05) is 31.2 Å². The van der Waals surface area contributed by atoms with Gasteiger partial charge in [0.25, 0.3) is 0 Å². The van der Waals surface area contributed by atoms with Crippen LogP contribution in [0.1, 0.15) is 26.2 Å². The second kappa shape index (κ2) is 10.0. The molecule has 0 aliphatic carbocycles. The van der Waals surface area contributed by atoms with Gasteiger partial charge < -0.3 is 15.5 Å². The SMILES string of the molecule is CN[C@H](C(=O)O)[C@H](O)[C@H](C)C/C=C/CCC[n+]1cccc2ccccc21. The molecule has 1 aromatic heterocycles. The van der Waals surface area contributed by atoms with Gasteiger partial charge in [-0.2, -0.15) is 4.57 Å². The topological polar surface area (TPSA) is 73.4 Å². The van der Waals surface area contributed by atoms with Crippen LogP contribution in [0.2, 0.25) is 0 Å². The molecule has 0 bridgehead atoms. The molecular formula is C21H29N2O3+. The number of aliphatic carboxylic acids is 1. The van der Waals surface area contributed by atoms with Crippen molar-refractivity contribution in [2.24, 2.45) is 5.92 Å². The highest BCUT2D eigenvalue weighted by Crippen LogP contribution is 2.13. The predicted molar refractivity (Wildman–Crippen MR) is 103 cm³/mol. The van der Waals surface area contributed by atoms with Gasteiger partial charge in [0.1, 0.15) is 12.6 Å². The van der Waals surface area contributed by atoms with Crippen molar-refractivity contribution in [1.29, 1.82) is 0 Å². The van der Waals surface area contributed by atoms with Crippen LogP contribution < -0.4 is 9.88 Å². The fourth-order valence-electron chi connectivity index (χ4n) is 3.13. The molecule has 1 aromatic carbocycles. The molecule has 0 aliphatic heterocycles. The minimum Gasteiger partial charge on any atom is -0.480 e. The van der Waals surface area contributed by atoms with Crippen LogP contribution >= 0.6 is 0 Å². The first-order chi connectivity index (χ1) is 12.5. The predicted octanol–water partition coefficient (Wildman–Crippen LogP) is 2.52. The molecule has 2 rings (SSSR count). The smallest absolute Gasteiger partial charge is 0.323 e. The number of benzene rings is 1. The number of likely N-dealkylation sites (N-methyl/N-ethyl adjacent to an activating group) is 1. The summed E-state index contributed by atoms with van der Waals surface area (Å²) in [6.07, 6.45) is 7.99. The first kappa shape index (κ1) is 20.1. The van der Waals surface area contributed by atoms with Gasteiger partial charge in [0, 0.05) is 23.9 Å². The Hall–Kier alpha value is -2.24. The molecule has 140 valence electrons. The number of para-hydroxylation sites is 1. The highest BCUT2D eigenvalue weighted by Gasteiger charge is 2.28. The lowest BCUT2D eigenvalue weighted by molar-refractivity contribution is -0.671. The number of pyridine rings is 1. The number of rotatable bonds is 10. The summed E-state index contributed by atoms with van der Waals surface area (Å²) in [4.78, 5) is 11.1. The van der Waals surface area contributed by atoms with Crippen molar-refractivity contribution >= 4 is 16.9 Å². The third kappa shape index (κ3) is 5.38. The van der Waals surface area contributed by atoms with Crippen LogP contribution in [0.15, 0.2) is 54.7 Å². The van der Waals surface area contributed by atoms with Gasteiger partial charge in [0.2, 0.25) is 5.52 Å². The summed E-state index contributed by atoms with van der Waals surface area (Å²) >= 11 is 0. The number of nitrogens with one attached hydrogen (secondary N) is 1. The highest BCUT2D eigenvalue weighted by atomic mass is 16.4. The molecule has 0 aliphatic rings. The zero-order valence-electron chi connectivity index (χ0n) is 15.5. The van der Waals surface area contributed by atoms with Crippen molar-refractivity contribution < 1.29 is 19.6 Å². The number of carboxylic acid groups (broad SMARTS) is 1. The molecule has 0 radical (unpaired) electrons. The van der Waals surface area contributed by atoms with E-state index in [9.17, 15) is 9.90 Å². The van der Waals surface area contributed by atoms with Gasteiger partial charge >= 0.3 is 5.97 Å². The van der Waals surface area contributed by atoms with E-state index < -0.39 is 18.1 Å². The van der Waals surface area contributed by atoms with Crippen LogP contribution in [0.3, 0.4) is 0 Å². The number of unbranched alkanes of at least 4 members (excludes halogenated alkanes) is 1. The number of aromatic nitrogens is 1. The van der Waals surface area contributed by atoms with Crippen molar-refractivity contribution in [2.45, 2.75) is 44.9 Å². The Morgan fingerprint density at radius 3 is 2.69 bits per heavy atom. The summed E-state index contributed by atoms with van der Waals surface area (Å²) in [7, 11) is 1.55. The molecule has 1 heterocycles. The average molecular weight is 357 g/mol. The fraction of sp³-hybridized carbons (Fsp3) is 0.429. The van der Waals surface area contributed by atoms with Gasteiger partial charge in [-0.15, -0.1) is 0 Å². The van der Waals surface area contributed by atoms with Crippen LogP contribution in [-0.2, 0) is 11.3 Å². The van der Waals surface area contributed by atoms with Crippen molar-refractivity contribution in [3.8, 4) is 0 Å². The number of allylic oxidation sites excluding steroid dienone is 2. The molecular weight excluding hydrogens is 328 g/mol. The Bertz CT molecular complexity index is 740. The minimum atomic E-state index is -1.03. The number of hydrogen-bond donors (Lipinski definition) is 3. The fourth-order valence-corrected chi connectivity index (χ4v) is 3.13. The molecule has 0 spiro atoms. The molecule has 0 fully saturated rings. The number of aliphatic hydroxyl groups excluding tert-OH is 1.